The van der Waals surface area contributed by atoms with E-state index in [9.17, 15) is 4.79 Å². The maximum Gasteiger partial charge on any atom is 0.244 e. The van der Waals surface area contributed by atoms with Crippen LogP contribution in [0.2, 0.25) is 0 Å². The fraction of sp³-hybridized carbons (Fsp3) is 0.364. The number of rotatable bonds is 2. The van der Waals surface area contributed by atoms with Crippen molar-refractivity contribution in [2.24, 2.45) is 5.84 Å². The highest BCUT2D eigenvalue weighted by atomic mass is 16.2. The predicted molar refractivity (Wildman–Crippen MR) is 54.4 cm³/mol. The first-order valence-electron chi connectivity index (χ1n) is 4.77. The van der Waals surface area contributed by atoms with E-state index in [4.69, 9.17) is 5.84 Å². The van der Waals surface area contributed by atoms with Crippen LogP contribution in [0, 0.1) is 6.92 Å². The molecule has 0 heterocycles. The van der Waals surface area contributed by atoms with Crippen LogP contribution >= 0.6 is 0 Å². The molecule has 3 nitrogen and oxygen atoms in total. The molecule has 1 fully saturated rings. The Balaban J connectivity index is 2.31. The van der Waals surface area contributed by atoms with Gasteiger partial charge in [0.15, 0.2) is 0 Å². The molecule has 3 N–H and O–H groups in total. The van der Waals surface area contributed by atoms with Gasteiger partial charge in [-0.3, -0.25) is 10.2 Å². The number of hydrazine groups is 1. The van der Waals surface area contributed by atoms with Crippen molar-refractivity contribution in [2.75, 3.05) is 0 Å². The van der Waals surface area contributed by atoms with Crippen LogP contribution in [-0.2, 0) is 10.2 Å². The molecule has 2 rings (SSSR count). The van der Waals surface area contributed by atoms with Gasteiger partial charge in [-0.25, -0.2) is 5.84 Å². The van der Waals surface area contributed by atoms with E-state index in [1.165, 1.54) is 5.56 Å². The quantitative estimate of drug-likeness (QED) is 0.415. The molecule has 0 atom stereocenters. The number of carbonyl (C=O) groups excluding carboxylic acids is 1. The minimum atomic E-state index is -0.331. The van der Waals surface area contributed by atoms with Crippen molar-refractivity contribution in [3.8, 4) is 0 Å². The molecule has 1 saturated carbocycles. The summed E-state index contributed by atoms with van der Waals surface area (Å²) in [6.45, 7) is 2.03. The number of benzene rings is 1. The summed E-state index contributed by atoms with van der Waals surface area (Å²) in [4.78, 5) is 11.5. The van der Waals surface area contributed by atoms with Gasteiger partial charge < -0.3 is 0 Å². The number of amides is 1. The zero-order valence-electron chi connectivity index (χ0n) is 8.21. The SMILES string of the molecule is Cc1ccc(C2(C(=O)NN)CC2)cc1. The molecular weight excluding hydrogens is 176 g/mol. The second-order valence-electron chi connectivity index (χ2n) is 3.92. The Morgan fingerprint density at radius 3 is 2.36 bits per heavy atom. The Morgan fingerprint density at radius 1 is 1.36 bits per heavy atom. The number of hydrogen-bond donors (Lipinski definition) is 2. The van der Waals surface area contributed by atoms with Gasteiger partial charge >= 0.3 is 0 Å². The van der Waals surface area contributed by atoms with Gasteiger partial charge in [-0.05, 0) is 25.3 Å². The van der Waals surface area contributed by atoms with Crippen LogP contribution in [0.5, 0.6) is 0 Å². The van der Waals surface area contributed by atoms with Crippen molar-refractivity contribution in [1.82, 2.24) is 5.43 Å². The van der Waals surface area contributed by atoms with E-state index in [0.29, 0.717) is 0 Å². The third-order valence-electron chi connectivity index (χ3n) is 2.92. The number of nitrogens with two attached hydrogens (primary N) is 1. The lowest BCUT2D eigenvalue weighted by Crippen LogP contribution is -2.39. The molecule has 74 valence electrons. The van der Waals surface area contributed by atoms with Crippen LogP contribution in [0.15, 0.2) is 24.3 Å². The first kappa shape index (κ1) is 9.21. The van der Waals surface area contributed by atoms with Crippen molar-refractivity contribution in [2.45, 2.75) is 25.2 Å². The average molecular weight is 190 g/mol. The minimum Gasteiger partial charge on any atom is -0.293 e. The topological polar surface area (TPSA) is 55.1 Å². The first-order valence-corrected chi connectivity index (χ1v) is 4.77. The van der Waals surface area contributed by atoms with Crippen LogP contribution < -0.4 is 11.3 Å². The van der Waals surface area contributed by atoms with Gasteiger partial charge in [0.2, 0.25) is 5.91 Å². The summed E-state index contributed by atoms with van der Waals surface area (Å²) in [6.07, 6.45) is 1.80. The van der Waals surface area contributed by atoms with Gasteiger partial charge in [-0.15, -0.1) is 0 Å². The Morgan fingerprint density at radius 2 is 1.93 bits per heavy atom. The third kappa shape index (κ3) is 1.30. The Labute approximate surface area is 83.3 Å². The predicted octanol–water partition coefficient (Wildman–Crippen LogP) is 1.02. The summed E-state index contributed by atoms with van der Waals surface area (Å²) in [6, 6.07) is 8.08. The highest BCUT2D eigenvalue weighted by Crippen LogP contribution is 2.48. The van der Waals surface area contributed by atoms with E-state index in [2.05, 4.69) is 5.43 Å². The average Bonchev–Trinajstić information content (AvgIpc) is 2.99. The van der Waals surface area contributed by atoms with E-state index < -0.39 is 0 Å². The summed E-state index contributed by atoms with van der Waals surface area (Å²) >= 11 is 0. The zero-order chi connectivity index (χ0) is 10.2. The van der Waals surface area contributed by atoms with Crippen molar-refractivity contribution >= 4 is 5.91 Å². The van der Waals surface area contributed by atoms with Crippen LogP contribution in [0.3, 0.4) is 0 Å². The summed E-state index contributed by atoms with van der Waals surface area (Å²) in [5, 5.41) is 0. The standard InChI is InChI=1S/C11H14N2O/c1-8-2-4-9(5-3-8)11(6-7-11)10(14)13-12/h2-5H,6-7,12H2,1H3,(H,13,14). The molecule has 1 aromatic rings. The number of aryl methyl sites for hydroxylation is 1. The molecular formula is C11H14N2O. The summed E-state index contributed by atoms with van der Waals surface area (Å²) < 4.78 is 0. The molecule has 0 aromatic heterocycles. The van der Waals surface area contributed by atoms with Gasteiger partial charge in [0.05, 0.1) is 5.41 Å². The normalized spacial score (nSPS) is 17.6. The largest absolute Gasteiger partial charge is 0.293 e. The third-order valence-corrected chi connectivity index (χ3v) is 2.92. The van der Waals surface area contributed by atoms with E-state index in [-0.39, 0.29) is 11.3 Å². The van der Waals surface area contributed by atoms with Gasteiger partial charge in [0.25, 0.3) is 0 Å². The molecule has 1 aromatic carbocycles. The van der Waals surface area contributed by atoms with Crippen molar-refractivity contribution < 1.29 is 4.79 Å². The molecule has 0 spiro atoms. The number of carbonyl (C=O) groups is 1. The molecule has 0 bridgehead atoms. The molecule has 0 aliphatic heterocycles. The lowest BCUT2D eigenvalue weighted by Gasteiger charge is -2.13. The van der Waals surface area contributed by atoms with Crippen molar-refractivity contribution in [1.29, 1.82) is 0 Å². The van der Waals surface area contributed by atoms with Gasteiger partial charge in [-0.2, -0.15) is 0 Å². The fourth-order valence-corrected chi connectivity index (χ4v) is 1.78. The van der Waals surface area contributed by atoms with E-state index >= 15 is 0 Å². The van der Waals surface area contributed by atoms with Gasteiger partial charge in [-0.1, -0.05) is 29.8 Å². The molecule has 0 saturated heterocycles. The highest BCUT2D eigenvalue weighted by molar-refractivity contribution is 5.90. The number of nitrogens with one attached hydrogen (secondary N) is 1. The summed E-state index contributed by atoms with van der Waals surface area (Å²) in [7, 11) is 0. The summed E-state index contributed by atoms with van der Waals surface area (Å²) in [5.41, 5.74) is 4.19. The van der Waals surface area contributed by atoms with Gasteiger partial charge in [0, 0.05) is 0 Å². The maximum atomic E-state index is 11.5. The van der Waals surface area contributed by atoms with Crippen LogP contribution in [0.25, 0.3) is 0 Å². The highest BCUT2D eigenvalue weighted by Gasteiger charge is 2.50. The molecule has 1 aliphatic carbocycles. The molecule has 14 heavy (non-hydrogen) atoms. The van der Waals surface area contributed by atoms with E-state index in [1.54, 1.807) is 0 Å². The minimum absolute atomic E-state index is 0.0682. The molecule has 0 unspecified atom stereocenters. The Hall–Kier alpha value is -1.35. The van der Waals surface area contributed by atoms with Crippen LogP contribution in [-0.4, -0.2) is 5.91 Å². The van der Waals surface area contributed by atoms with Crippen LogP contribution in [0.1, 0.15) is 24.0 Å². The Bertz CT molecular complexity index is 352. The van der Waals surface area contributed by atoms with Gasteiger partial charge in [0.1, 0.15) is 0 Å². The van der Waals surface area contributed by atoms with E-state index in [1.807, 2.05) is 31.2 Å². The maximum absolute atomic E-state index is 11.5. The zero-order valence-corrected chi connectivity index (χ0v) is 8.21. The monoisotopic (exact) mass is 190 g/mol. The Kier molecular flexibility index (Phi) is 2.04. The molecule has 3 heteroatoms. The van der Waals surface area contributed by atoms with E-state index in [0.717, 1.165) is 18.4 Å². The molecule has 1 aliphatic rings. The summed E-state index contributed by atoms with van der Waals surface area (Å²) in [5.74, 6) is 5.10. The van der Waals surface area contributed by atoms with Crippen molar-refractivity contribution in [3.63, 3.8) is 0 Å². The second-order valence-corrected chi connectivity index (χ2v) is 3.92. The van der Waals surface area contributed by atoms with Crippen LogP contribution in [0.4, 0.5) is 0 Å². The van der Waals surface area contributed by atoms with Crippen molar-refractivity contribution in [3.05, 3.63) is 35.4 Å². The molecule has 0 radical (unpaired) electrons. The smallest absolute Gasteiger partial charge is 0.244 e. The lowest BCUT2D eigenvalue weighted by atomic mass is 9.94. The lowest BCUT2D eigenvalue weighted by molar-refractivity contribution is -0.123. The first-order chi connectivity index (χ1) is 6.69. The second kappa shape index (κ2) is 3.10. The molecule has 1 amide bonds. The fourth-order valence-electron chi connectivity index (χ4n) is 1.78. The number of hydrogen-bond acceptors (Lipinski definition) is 2.